The van der Waals surface area contributed by atoms with Crippen LogP contribution in [0.15, 0.2) is 41.1 Å². The zero-order valence-corrected chi connectivity index (χ0v) is 18.1. The maximum absolute atomic E-state index is 12.4. The molecule has 3 fully saturated rings. The highest BCUT2D eigenvalue weighted by Gasteiger charge is 2.48. The van der Waals surface area contributed by atoms with Crippen molar-refractivity contribution < 1.29 is 19.2 Å². The fourth-order valence-corrected chi connectivity index (χ4v) is 4.92. The van der Waals surface area contributed by atoms with E-state index in [-0.39, 0.29) is 24.3 Å². The number of nitrogens with zero attached hydrogens (tertiary/aromatic N) is 5. The van der Waals surface area contributed by atoms with E-state index in [1.807, 2.05) is 12.1 Å². The fraction of sp³-hybridized carbons (Fsp3) is 0.435. The molecule has 0 spiro atoms. The molecule has 0 aliphatic carbocycles. The second-order valence-electron chi connectivity index (χ2n) is 8.95. The average molecular weight is 448 g/mol. The molecule has 3 aromatic rings. The van der Waals surface area contributed by atoms with Crippen LogP contribution in [0.2, 0.25) is 0 Å². The lowest BCUT2D eigenvalue weighted by molar-refractivity contribution is -0.144. The van der Waals surface area contributed by atoms with E-state index in [1.165, 1.54) is 4.90 Å². The van der Waals surface area contributed by atoms with Gasteiger partial charge in [-0.1, -0.05) is 11.2 Å². The van der Waals surface area contributed by atoms with Crippen LogP contribution in [-0.4, -0.2) is 67.9 Å². The van der Waals surface area contributed by atoms with Gasteiger partial charge in [0.05, 0.1) is 35.3 Å². The zero-order chi connectivity index (χ0) is 22.6. The molecule has 170 valence electrons. The SMILES string of the molecule is CN1CC[C@@](O)(c2cc(-c3cccc(-c4ccnc(N[C@@H]5CC6CCC5O6)n4)n3)no2)C1=O. The van der Waals surface area contributed by atoms with Crippen LogP contribution in [0, 0.1) is 0 Å². The number of nitrogens with one attached hydrogen (secondary N) is 1. The van der Waals surface area contributed by atoms with Gasteiger partial charge >= 0.3 is 0 Å². The predicted molar refractivity (Wildman–Crippen MR) is 117 cm³/mol. The Kier molecular flexibility index (Phi) is 4.66. The van der Waals surface area contributed by atoms with Gasteiger partial charge in [-0.05, 0) is 37.5 Å². The Balaban J connectivity index is 1.24. The van der Waals surface area contributed by atoms with Crippen molar-refractivity contribution in [3.63, 3.8) is 0 Å². The largest absolute Gasteiger partial charge is 0.373 e. The number of hydrogen-bond acceptors (Lipinski definition) is 9. The van der Waals surface area contributed by atoms with Gasteiger partial charge < -0.3 is 24.6 Å². The van der Waals surface area contributed by atoms with Crippen LogP contribution in [0.25, 0.3) is 22.8 Å². The van der Waals surface area contributed by atoms with E-state index in [1.54, 1.807) is 31.4 Å². The van der Waals surface area contributed by atoms with Crippen LogP contribution >= 0.6 is 0 Å². The molecule has 0 saturated carbocycles. The molecule has 4 atom stereocenters. The minimum absolute atomic E-state index is 0.126. The van der Waals surface area contributed by atoms with Gasteiger partial charge in [0.25, 0.3) is 5.91 Å². The highest BCUT2D eigenvalue weighted by atomic mass is 16.5. The predicted octanol–water partition coefficient (Wildman–Crippen LogP) is 1.98. The number of rotatable bonds is 5. The third-order valence-electron chi connectivity index (χ3n) is 6.78. The summed E-state index contributed by atoms with van der Waals surface area (Å²) in [5, 5.41) is 18.3. The molecular formula is C23H24N6O4. The van der Waals surface area contributed by atoms with Crippen LogP contribution in [0.4, 0.5) is 5.95 Å². The summed E-state index contributed by atoms with van der Waals surface area (Å²) in [6.07, 6.45) is 5.72. The first-order valence-electron chi connectivity index (χ1n) is 11.2. The molecule has 2 unspecified atom stereocenters. The minimum atomic E-state index is -1.69. The van der Waals surface area contributed by atoms with Crippen LogP contribution in [-0.2, 0) is 15.1 Å². The molecule has 1 amide bonds. The van der Waals surface area contributed by atoms with E-state index in [0.29, 0.717) is 41.4 Å². The number of aromatic nitrogens is 4. The van der Waals surface area contributed by atoms with Gasteiger partial charge in [0.15, 0.2) is 5.76 Å². The molecule has 10 nitrogen and oxygen atoms in total. The standard InChI is InChI=1S/C23H24N6O4/c1-29-10-8-23(31,21(29)30)20-12-17(28-33-20)15-4-2-3-14(25-15)16-7-9-24-22(26-16)27-18-11-13-5-6-19(18)32-13/h2-4,7,9,12-13,18-19,31H,5-6,8,10-11H2,1H3,(H,24,26,27)/t13?,18-,19?,23-/m1/s1. The Bertz CT molecular complexity index is 1210. The molecule has 3 aliphatic rings. The third kappa shape index (κ3) is 3.46. The van der Waals surface area contributed by atoms with E-state index in [2.05, 4.69) is 25.4 Å². The lowest BCUT2D eigenvalue weighted by Crippen LogP contribution is -2.35. The first-order chi connectivity index (χ1) is 16.0. The van der Waals surface area contributed by atoms with Gasteiger partial charge in [0.2, 0.25) is 11.5 Å². The number of ether oxygens (including phenoxy) is 1. The summed E-state index contributed by atoms with van der Waals surface area (Å²) in [4.78, 5) is 27.5. The number of amides is 1. The van der Waals surface area contributed by atoms with Crippen molar-refractivity contribution in [3.8, 4) is 22.8 Å². The van der Waals surface area contributed by atoms with Crippen LogP contribution in [0.3, 0.4) is 0 Å². The number of likely N-dealkylation sites (tertiary alicyclic amines) is 1. The first kappa shape index (κ1) is 20.3. The van der Waals surface area contributed by atoms with E-state index in [0.717, 1.165) is 19.3 Å². The third-order valence-corrected chi connectivity index (χ3v) is 6.78. The van der Waals surface area contributed by atoms with Crippen LogP contribution in [0.1, 0.15) is 31.4 Å². The molecule has 0 aromatic carbocycles. The van der Waals surface area contributed by atoms with E-state index < -0.39 is 11.5 Å². The van der Waals surface area contributed by atoms with Gasteiger partial charge in [-0.15, -0.1) is 0 Å². The Morgan fingerprint density at radius 2 is 1.97 bits per heavy atom. The molecular weight excluding hydrogens is 424 g/mol. The van der Waals surface area contributed by atoms with Crippen LogP contribution in [0.5, 0.6) is 0 Å². The summed E-state index contributed by atoms with van der Waals surface area (Å²) in [5.74, 6) is 0.283. The normalized spacial score (nSPS) is 28.6. The Morgan fingerprint density at radius 1 is 1.15 bits per heavy atom. The molecule has 6 rings (SSSR count). The quantitative estimate of drug-likeness (QED) is 0.602. The maximum Gasteiger partial charge on any atom is 0.262 e. The molecule has 3 aromatic heterocycles. The Morgan fingerprint density at radius 3 is 2.70 bits per heavy atom. The van der Waals surface area contributed by atoms with Crippen molar-refractivity contribution in [1.29, 1.82) is 0 Å². The summed E-state index contributed by atoms with van der Waals surface area (Å²) in [7, 11) is 1.65. The van der Waals surface area contributed by atoms with E-state index in [9.17, 15) is 9.90 Å². The Labute approximate surface area is 190 Å². The lowest BCUT2D eigenvalue weighted by atomic mass is 9.96. The molecule has 33 heavy (non-hydrogen) atoms. The number of likely N-dealkylation sites (N-methyl/N-ethyl adjacent to an activating group) is 1. The highest BCUT2D eigenvalue weighted by molar-refractivity contribution is 5.87. The van der Waals surface area contributed by atoms with Crippen molar-refractivity contribution in [3.05, 3.63) is 42.3 Å². The van der Waals surface area contributed by atoms with Gasteiger partial charge in [0.1, 0.15) is 5.69 Å². The topological polar surface area (TPSA) is 126 Å². The number of anilines is 1. The molecule has 2 bridgehead atoms. The van der Waals surface area contributed by atoms with Crippen molar-refractivity contribution in [2.24, 2.45) is 0 Å². The first-order valence-corrected chi connectivity index (χ1v) is 11.2. The number of carbonyl (C=O) groups excluding carboxylic acids is 1. The maximum atomic E-state index is 12.4. The summed E-state index contributed by atoms with van der Waals surface area (Å²) >= 11 is 0. The number of fused-ring (bicyclic) bond motifs is 2. The lowest BCUT2D eigenvalue weighted by Gasteiger charge is -2.20. The number of aliphatic hydroxyl groups is 1. The Hall–Kier alpha value is -3.37. The van der Waals surface area contributed by atoms with Crippen molar-refractivity contribution in [2.45, 2.75) is 49.5 Å². The second-order valence-corrected chi connectivity index (χ2v) is 8.95. The number of carbonyl (C=O) groups is 1. The van der Waals surface area contributed by atoms with Gasteiger partial charge in [-0.2, -0.15) is 0 Å². The average Bonchev–Trinajstić information content (AvgIpc) is 3.63. The summed E-state index contributed by atoms with van der Waals surface area (Å²) in [6.45, 7) is 0.456. The van der Waals surface area contributed by atoms with Crippen LogP contribution < -0.4 is 5.32 Å². The summed E-state index contributed by atoms with van der Waals surface area (Å²) < 4.78 is 11.3. The summed E-state index contributed by atoms with van der Waals surface area (Å²) in [5.41, 5.74) is 0.637. The van der Waals surface area contributed by atoms with Crippen molar-refractivity contribution >= 4 is 11.9 Å². The number of pyridine rings is 1. The molecule has 6 heterocycles. The molecule has 0 radical (unpaired) electrons. The summed E-state index contributed by atoms with van der Waals surface area (Å²) in [6, 6.07) is 9.12. The molecule has 2 N–H and O–H groups in total. The van der Waals surface area contributed by atoms with E-state index >= 15 is 0 Å². The van der Waals surface area contributed by atoms with Crippen molar-refractivity contribution in [1.82, 2.24) is 25.0 Å². The molecule has 3 saturated heterocycles. The van der Waals surface area contributed by atoms with Gasteiger partial charge in [0, 0.05) is 32.3 Å². The zero-order valence-electron chi connectivity index (χ0n) is 18.1. The van der Waals surface area contributed by atoms with Crippen molar-refractivity contribution in [2.75, 3.05) is 18.9 Å². The molecule has 10 heteroatoms. The van der Waals surface area contributed by atoms with Gasteiger partial charge in [-0.25, -0.2) is 15.0 Å². The number of hydrogen-bond donors (Lipinski definition) is 2. The molecule has 3 aliphatic heterocycles. The monoisotopic (exact) mass is 448 g/mol. The minimum Gasteiger partial charge on any atom is -0.373 e. The van der Waals surface area contributed by atoms with Gasteiger partial charge in [-0.3, -0.25) is 4.79 Å². The second kappa shape index (κ2) is 7.60. The fourth-order valence-electron chi connectivity index (χ4n) is 4.92. The highest BCUT2D eigenvalue weighted by Crippen LogP contribution is 2.36. The smallest absolute Gasteiger partial charge is 0.262 e. The van der Waals surface area contributed by atoms with E-state index in [4.69, 9.17) is 9.26 Å².